The highest BCUT2D eigenvalue weighted by molar-refractivity contribution is 5.97. The first-order valence-corrected chi connectivity index (χ1v) is 10.9. The SMILES string of the molecule is COc1ccccc1C(=O)NC1CCN(CCCCNc2ncccc2C#N)CC1OC.O. The number of pyridine rings is 1. The summed E-state index contributed by atoms with van der Waals surface area (Å²) in [6, 6.07) is 12.9. The maximum atomic E-state index is 12.7. The van der Waals surface area contributed by atoms with Crippen LogP contribution < -0.4 is 15.4 Å². The fourth-order valence-corrected chi connectivity index (χ4v) is 3.97. The highest BCUT2D eigenvalue weighted by Gasteiger charge is 2.30. The van der Waals surface area contributed by atoms with Crippen molar-refractivity contribution < 1.29 is 19.7 Å². The highest BCUT2D eigenvalue weighted by Crippen LogP contribution is 2.20. The fourth-order valence-electron chi connectivity index (χ4n) is 3.97. The Morgan fingerprint density at radius 2 is 2.06 bits per heavy atom. The number of rotatable bonds is 10. The van der Waals surface area contributed by atoms with Gasteiger partial charge >= 0.3 is 0 Å². The second-order valence-corrected chi connectivity index (χ2v) is 7.79. The molecule has 2 atom stereocenters. The van der Waals surface area contributed by atoms with Crippen molar-refractivity contribution >= 4 is 11.7 Å². The number of likely N-dealkylation sites (tertiary alicyclic amines) is 1. The van der Waals surface area contributed by atoms with Crippen LogP contribution in [0.15, 0.2) is 42.6 Å². The molecule has 33 heavy (non-hydrogen) atoms. The summed E-state index contributed by atoms with van der Waals surface area (Å²) in [6.45, 7) is 3.41. The third-order valence-corrected chi connectivity index (χ3v) is 5.74. The summed E-state index contributed by atoms with van der Waals surface area (Å²) in [5.74, 6) is 1.07. The van der Waals surface area contributed by atoms with Gasteiger partial charge in [-0.25, -0.2) is 4.98 Å². The Morgan fingerprint density at radius 1 is 1.24 bits per heavy atom. The number of nitrogens with zero attached hydrogens (tertiary/aromatic N) is 3. The molecule has 0 radical (unpaired) electrons. The third kappa shape index (κ3) is 7.15. The fraction of sp³-hybridized carbons (Fsp3) is 0.458. The molecule has 1 amide bonds. The zero-order chi connectivity index (χ0) is 22.8. The van der Waals surface area contributed by atoms with E-state index in [0.29, 0.717) is 22.7 Å². The van der Waals surface area contributed by atoms with Crippen LogP contribution in [-0.2, 0) is 4.74 Å². The van der Waals surface area contributed by atoms with E-state index in [9.17, 15) is 4.79 Å². The summed E-state index contributed by atoms with van der Waals surface area (Å²) in [5.41, 5.74) is 1.10. The number of nitriles is 1. The molecule has 2 unspecified atom stereocenters. The predicted octanol–water partition coefficient (Wildman–Crippen LogP) is 1.85. The molecule has 2 aromatic rings. The molecular formula is C24H33N5O4. The van der Waals surface area contributed by atoms with E-state index in [4.69, 9.17) is 14.7 Å². The summed E-state index contributed by atoms with van der Waals surface area (Å²) >= 11 is 0. The van der Waals surface area contributed by atoms with Gasteiger partial charge in [0.1, 0.15) is 17.6 Å². The Balaban J connectivity index is 0.00000385. The van der Waals surface area contributed by atoms with Crippen LogP contribution in [0.3, 0.4) is 0 Å². The predicted molar refractivity (Wildman–Crippen MR) is 126 cm³/mol. The van der Waals surface area contributed by atoms with Crippen LogP contribution in [-0.4, -0.2) is 73.8 Å². The van der Waals surface area contributed by atoms with E-state index < -0.39 is 0 Å². The molecule has 0 aliphatic carbocycles. The number of hydrogen-bond donors (Lipinski definition) is 2. The first kappa shape index (κ1) is 26.1. The molecule has 9 heteroatoms. The van der Waals surface area contributed by atoms with Crippen LogP contribution in [0.4, 0.5) is 5.82 Å². The summed E-state index contributed by atoms with van der Waals surface area (Å²) in [6.07, 6.45) is 4.45. The number of aromatic nitrogens is 1. The molecule has 3 rings (SSSR count). The van der Waals surface area contributed by atoms with Gasteiger partial charge in [0, 0.05) is 32.9 Å². The van der Waals surface area contributed by atoms with E-state index >= 15 is 0 Å². The van der Waals surface area contributed by atoms with Gasteiger partial charge in [0.25, 0.3) is 5.91 Å². The van der Waals surface area contributed by atoms with E-state index in [1.54, 1.807) is 44.7 Å². The van der Waals surface area contributed by atoms with Gasteiger partial charge in [0.05, 0.1) is 30.4 Å². The van der Waals surface area contributed by atoms with Crippen LogP contribution in [0.25, 0.3) is 0 Å². The average molecular weight is 456 g/mol. The number of ether oxygens (including phenoxy) is 2. The molecule has 0 saturated carbocycles. The summed E-state index contributed by atoms with van der Waals surface area (Å²) < 4.78 is 11.0. The van der Waals surface area contributed by atoms with Crippen LogP contribution in [0.2, 0.25) is 0 Å². The van der Waals surface area contributed by atoms with E-state index in [1.807, 2.05) is 12.1 Å². The Morgan fingerprint density at radius 3 is 2.82 bits per heavy atom. The molecule has 1 aliphatic heterocycles. The minimum Gasteiger partial charge on any atom is -0.496 e. The van der Waals surface area contributed by atoms with Gasteiger partial charge in [-0.3, -0.25) is 4.79 Å². The van der Waals surface area contributed by atoms with Crippen LogP contribution in [0, 0.1) is 11.3 Å². The van der Waals surface area contributed by atoms with E-state index in [1.165, 1.54) is 0 Å². The number of piperidine rings is 1. The second-order valence-electron chi connectivity index (χ2n) is 7.79. The number of para-hydroxylation sites is 1. The van der Waals surface area contributed by atoms with E-state index in [-0.39, 0.29) is 23.5 Å². The molecule has 2 heterocycles. The third-order valence-electron chi connectivity index (χ3n) is 5.74. The number of methoxy groups -OCH3 is 2. The number of amides is 1. The molecule has 1 aromatic carbocycles. The smallest absolute Gasteiger partial charge is 0.255 e. The number of carbonyl (C=O) groups excluding carboxylic acids is 1. The standard InChI is InChI=1S/C24H31N5O3.H2O/c1-31-21-10-4-3-9-19(21)24(30)28-20-11-15-29(17-22(20)32-2)14-6-5-12-26-23-18(16-25)8-7-13-27-23;/h3-4,7-10,13,20,22H,5-6,11-12,14-15,17H2,1-2H3,(H,26,27)(H,28,30);1H2. The minimum atomic E-state index is -0.139. The van der Waals surface area contributed by atoms with Gasteiger partial charge in [0.15, 0.2) is 0 Å². The molecule has 1 aliphatic rings. The van der Waals surface area contributed by atoms with Gasteiger partial charge in [-0.1, -0.05) is 12.1 Å². The van der Waals surface area contributed by atoms with Crippen molar-refractivity contribution in [3.8, 4) is 11.8 Å². The topological polar surface area (TPSA) is 131 Å². The second kappa shape index (κ2) is 13.4. The summed E-state index contributed by atoms with van der Waals surface area (Å²) in [5, 5.41) is 15.5. The quantitative estimate of drug-likeness (QED) is 0.523. The maximum Gasteiger partial charge on any atom is 0.255 e. The Labute approximate surface area is 195 Å². The molecule has 0 bridgehead atoms. The Kier molecular flexibility index (Phi) is 10.6. The molecule has 1 fully saturated rings. The lowest BCUT2D eigenvalue weighted by atomic mass is 10.0. The van der Waals surface area contributed by atoms with Crippen molar-refractivity contribution in [2.24, 2.45) is 0 Å². The van der Waals surface area contributed by atoms with Crippen LogP contribution in [0.5, 0.6) is 5.75 Å². The van der Waals surface area contributed by atoms with Gasteiger partial charge in [-0.05, 0) is 50.1 Å². The molecular weight excluding hydrogens is 422 g/mol. The first-order chi connectivity index (χ1) is 15.7. The Hall–Kier alpha value is -3.19. The zero-order valence-electron chi connectivity index (χ0n) is 19.2. The zero-order valence-corrected chi connectivity index (χ0v) is 19.2. The molecule has 4 N–H and O–H groups in total. The minimum absolute atomic E-state index is 0. The molecule has 0 spiro atoms. The summed E-state index contributed by atoms with van der Waals surface area (Å²) in [7, 11) is 3.26. The molecule has 1 saturated heterocycles. The lowest BCUT2D eigenvalue weighted by molar-refractivity contribution is 0.00606. The molecule has 9 nitrogen and oxygen atoms in total. The highest BCUT2D eigenvalue weighted by atomic mass is 16.5. The number of benzene rings is 1. The van der Waals surface area contributed by atoms with Gasteiger partial charge in [0.2, 0.25) is 0 Å². The number of unbranched alkanes of at least 4 members (excludes halogenated alkanes) is 1. The van der Waals surface area contributed by atoms with Crippen molar-refractivity contribution in [1.29, 1.82) is 5.26 Å². The molecule has 1 aromatic heterocycles. The molecule has 178 valence electrons. The number of hydrogen-bond acceptors (Lipinski definition) is 7. The van der Waals surface area contributed by atoms with Gasteiger partial charge in [-0.2, -0.15) is 5.26 Å². The van der Waals surface area contributed by atoms with E-state index in [2.05, 4.69) is 26.6 Å². The average Bonchev–Trinajstić information content (AvgIpc) is 2.84. The van der Waals surface area contributed by atoms with Crippen molar-refractivity contribution in [3.05, 3.63) is 53.7 Å². The van der Waals surface area contributed by atoms with Crippen LogP contribution in [0.1, 0.15) is 35.2 Å². The van der Waals surface area contributed by atoms with Gasteiger partial charge in [-0.15, -0.1) is 0 Å². The van der Waals surface area contributed by atoms with Crippen molar-refractivity contribution in [2.75, 3.05) is 45.7 Å². The lowest BCUT2D eigenvalue weighted by Crippen LogP contribution is -2.54. The van der Waals surface area contributed by atoms with Gasteiger partial charge < -0.3 is 30.5 Å². The maximum absolute atomic E-state index is 12.7. The summed E-state index contributed by atoms with van der Waals surface area (Å²) in [4.78, 5) is 19.3. The number of anilines is 1. The lowest BCUT2D eigenvalue weighted by Gasteiger charge is -2.38. The Bertz CT molecular complexity index is 933. The van der Waals surface area contributed by atoms with Crippen molar-refractivity contribution in [2.45, 2.75) is 31.4 Å². The number of nitrogens with one attached hydrogen (secondary N) is 2. The normalized spacial score (nSPS) is 18.0. The van der Waals surface area contributed by atoms with Crippen molar-refractivity contribution in [1.82, 2.24) is 15.2 Å². The largest absolute Gasteiger partial charge is 0.496 e. The monoisotopic (exact) mass is 455 g/mol. The van der Waals surface area contributed by atoms with Crippen molar-refractivity contribution in [3.63, 3.8) is 0 Å². The first-order valence-electron chi connectivity index (χ1n) is 10.9. The van der Waals surface area contributed by atoms with Crippen LogP contribution >= 0.6 is 0 Å². The number of carbonyl (C=O) groups is 1. The van der Waals surface area contributed by atoms with E-state index in [0.717, 1.165) is 45.4 Å².